The lowest BCUT2D eigenvalue weighted by Gasteiger charge is -2.36. The molecule has 3 heterocycles. The van der Waals surface area contributed by atoms with Gasteiger partial charge in [-0.05, 0) is 59.4 Å². The van der Waals surface area contributed by atoms with E-state index in [4.69, 9.17) is 11.5 Å². The summed E-state index contributed by atoms with van der Waals surface area (Å²) in [4.78, 5) is 37.8. The van der Waals surface area contributed by atoms with Gasteiger partial charge in [-0.1, -0.05) is 48.5 Å². The Morgan fingerprint density at radius 1 is 0.632 bits per heavy atom. The van der Waals surface area contributed by atoms with Crippen LogP contribution in [0.4, 0.5) is 11.6 Å². The summed E-state index contributed by atoms with van der Waals surface area (Å²) in [5.74, 6) is 0.597. The molecule has 1 fully saturated rings. The van der Waals surface area contributed by atoms with Crippen molar-refractivity contribution >= 4 is 23.5 Å². The molecule has 0 bridgehead atoms. The Labute approximate surface area is 221 Å². The molecule has 0 unspecified atom stereocenters. The summed E-state index contributed by atoms with van der Waals surface area (Å²) >= 11 is 0. The first-order chi connectivity index (χ1) is 18.3. The van der Waals surface area contributed by atoms with Gasteiger partial charge in [0.2, 0.25) is 0 Å². The predicted molar refractivity (Wildman–Crippen MR) is 150 cm³/mol. The van der Waals surface area contributed by atoms with E-state index in [0.717, 1.165) is 71.2 Å². The van der Waals surface area contributed by atoms with Gasteiger partial charge in [-0.15, -0.1) is 0 Å². The van der Waals surface area contributed by atoms with E-state index in [0.29, 0.717) is 11.1 Å². The zero-order chi connectivity index (χ0) is 26.8. The highest BCUT2D eigenvalue weighted by Crippen LogP contribution is 2.32. The fraction of sp³-hybridized carbons (Fsp3) is 0.200. The number of primary amides is 2. The first kappa shape index (κ1) is 25.0. The minimum Gasteiger partial charge on any atom is -0.366 e. The Morgan fingerprint density at radius 3 is 1.34 bits per heavy atom. The lowest BCUT2D eigenvalue weighted by Crippen LogP contribution is -2.47. The average Bonchev–Trinajstić information content (AvgIpc) is 2.93. The van der Waals surface area contributed by atoms with Crippen molar-refractivity contribution in [1.82, 2.24) is 9.97 Å². The molecule has 2 aromatic carbocycles. The van der Waals surface area contributed by atoms with E-state index in [1.165, 1.54) is 0 Å². The standard InChI is InChI=1S/C30H30N6O2/c1-19-7-3-5-9-21(19)23-15-27(33-17-25(23)29(31)37)35-11-13-36(14-12-35)28-16-24(26(18-34-28)30(32)38)22-10-6-4-8-20(22)2/h3-10,15-18H,11-14H2,1-2H3,(H2,31,37)(H2,32,38). The van der Waals surface area contributed by atoms with Crippen molar-refractivity contribution in [2.75, 3.05) is 36.0 Å². The number of hydrogen-bond donors (Lipinski definition) is 2. The van der Waals surface area contributed by atoms with Crippen LogP contribution in [0.5, 0.6) is 0 Å². The second-order valence-corrected chi connectivity index (χ2v) is 9.51. The third-order valence-electron chi connectivity index (χ3n) is 7.11. The molecule has 192 valence electrons. The molecular formula is C30H30N6O2. The average molecular weight is 507 g/mol. The summed E-state index contributed by atoms with van der Waals surface area (Å²) in [7, 11) is 0. The van der Waals surface area contributed by atoms with Gasteiger partial charge in [-0.25, -0.2) is 9.97 Å². The van der Waals surface area contributed by atoms with Gasteiger partial charge in [-0.2, -0.15) is 0 Å². The summed E-state index contributed by atoms with van der Waals surface area (Å²) in [6, 6.07) is 19.8. The molecule has 38 heavy (non-hydrogen) atoms. The van der Waals surface area contributed by atoms with Gasteiger partial charge >= 0.3 is 0 Å². The fourth-order valence-corrected chi connectivity index (χ4v) is 4.99. The van der Waals surface area contributed by atoms with Crippen molar-refractivity contribution in [3.8, 4) is 22.3 Å². The van der Waals surface area contributed by atoms with E-state index in [1.807, 2.05) is 74.5 Å². The molecule has 8 heteroatoms. The van der Waals surface area contributed by atoms with E-state index >= 15 is 0 Å². The second-order valence-electron chi connectivity index (χ2n) is 9.51. The van der Waals surface area contributed by atoms with Crippen LogP contribution in [0.1, 0.15) is 31.8 Å². The SMILES string of the molecule is Cc1ccccc1-c1cc(N2CCN(c3cc(-c4ccccc4C)c(C(N)=O)cn3)CC2)ncc1C(N)=O. The number of nitrogens with zero attached hydrogens (tertiary/aromatic N) is 4. The highest BCUT2D eigenvalue weighted by atomic mass is 16.1. The van der Waals surface area contributed by atoms with Gasteiger partial charge in [0.25, 0.3) is 11.8 Å². The monoisotopic (exact) mass is 506 g/mol. The van der Waals surface area contributed by atoms with Gasteiger partial charge in [0.15, 0.2) is 0 Å². The largest absolute Gasteiger partial charge is 0.366 e. The zero-order valence-electron chi connectivity index (χ0n) is 21.5. The van der Waals surface area contributed by atoms with Crippen LogP contribution in [0.15, 0.2) is 73.1 Å². The number of anilines is 2. The lowest BCUT2D eigenvalue weighted by molar-refractivity contribution is 0.0992. The minimum atomic E-state index is -0.498. The van der Waals surface area contributed by atoms with Gasteiger partial charge in [0, 0.05) is 38.6 Å². The molecule has 0 spiro atoms. The molecule has 0 aliphatic carbocycles. The smallest absolute Gasteiger partial charge is 0.250 e. The molecule has 0 radical (unpaired) electrons. The van der Waals surface area contributed by atoms with Crippen LogP contribution in [0.25, 0.3) is 22.3 Å². The molecule has 4 N–H and O–H groups in total. The van der Waals surface area contributed by atoms with E-state index in [1.54, 1.807) is 12.4 Å². The number of aromatic nitrogens is 2. The van der Waals surface area contributed by atoms with Crippen LogP contribution in [-0.2, 0) is 0 Å². The van der Waals surface area contributed by atoms with E-state index < -0.39 is 11.8 Å². The van der Waals surface area contributed by atoms with Gasteiger partial charge in [-0.3, -0.25) is 9.59 Å². The third-order valence-corrected chi connectivity index (χ3v) is 7.11. The van der Waals surface area contributed by atoms with Crippen LogP contribution < -0.4 is 21.3 Å². The topological polar surface area (TPSA) is 118 Å². The Bertz CT molecular complexity index is 1410. The number of rotatable bonds is 6. The molecule has 2 amide bonds. The number of benzene rings is 2. The Balaban J connectivity index is 1.40. The van der Waals surface area contributed by atoms with Crippen molar-refractivity contribution in [3.63, 3.8) is 0 Å². The van der Waals surface area contributed by atoms with E-state index in [-0.39, 0.29) is 0 Å². The Hall–Kier alpha value is -4.72. The van der Waals surface area contributed by atoms with E-state index in [2.05, 4.69) is 19.8 Å². The maximum absolute atomic E-state index is 12.1. The number of piperazine rings is 1. The number of hydrogen-bond acceptors (Lipinski definition) is 6. The van der Waals surface area contributed by atoms with Gasteiger partial charge < -0.3 is 21.3 Å². The zero-order valence-corrected chi connectivity index (χ0v) is 21.5. The minimum absolute atomic E-state index is 0.407. The summed E-state index contributed by atoms with van der Waals surface area (Å²) in [5, 5.41) is 0. The maximum atomic E-state index is 12.1. The van der Waals surface area contributed by atoms with Crippen molar-refractivity contribution in [1.29, 1.82) is 0 Å². The number of carbonyl (C=O) groups is 2. The van der Waals surface area contributed by atoms with Crippen molar-refractivity contribution in [2.24, 2.45) is 11.5 Å². The molecule has 4 aromatic rings. The summed E-state index contributed by atoms with van der Waals surface area (Å²) < 4.78 is 0. The highest BCUT2D eigenvalue weighted by Gasteiger charge is 2.23. The number of aryl methyl sites for hydroxylation is 2. The molecule has 1 aliphatic rings. The van der Waals surface area contributed by atoms with E-state index in [9.17, 15) is 9.59 Å². The number of pyridine rings is 2. The van der Waals surface area contributed by atoms with Crippen LogP contribution in [0.3, 0.4) is 0 Å². The molecule has 0 atom stereocenters. The third kappa shape index (κ3) is 4.80. The highest BCUT2D eigenvalue weighted by molar-refractivity contribution is 6.01. The number of nitrogens with two attached hydrogens (primary N) is 2. The molecule has 8 nitrogen and oxygen atoms in total. The maximum Gasteiger partial charge on any atom is 0.250 e. The first-order valence-corrected chi connectivity index (χ1v) is 12.5. The van der Waals surface area contributed by atoms with Gasteiger partial charge in [0.05, 0.1) is 11.1 Å². The molecule has 2 aromatic heterocycles. The molecule has 5 rings (SSSR count). The normalized spacial score (nSPS) is 13.4. The molecule has 1 saturated heterocycles. The molecule has 0 saturated carbocycles. The molecule has 1 aliphatic heterocycles. The summed E-state index contributed by atoms with van der Waals surface area (Å²) in [6.07, 6.45) is 3.15. The number of carbonyl (C=O) groups excluding carboxylic acids is 2. The van der Waals surface area contributed by atoms with Gasteiger partial charge in [0.1, 0.15) is 11.6 Å². The lowest BCUT2D eigenvalue weighted by atomic mass is 9.96. The summed E-state index contributed by atoms with van der Waals surface area (Å²) in [6.45, 7) is 6.90. The predicted octanol–water partition coefficient (Wildman–Crippen LogP) is 3.95. The van der Waals surface area contributed by atoms with Crippen molar-refractivity contribution < 1.29 is 9.59 Å². The number of amides is 2. The van der Waals surface area contributed by atoms with Crippen molar-refractivity contribution in [3.05, 3.63) is 95.3 Å². The van der Waals surface area contributed by atoms with Crippen LogP contribution in [0.2, 0.25) is 0 Å². The fourth-order valence-electron chi connectivity index (χ4n) is 4.99. The van der Waals surface area contributed by atoms with Crippen LogP contribution >= 0.6 is 0 Å². The first-order valence-electron chi connectivity index (χ1n) is 12.5. The Kier molecular flexibility index (Phi) is 6.79. The van der Waals surface area contributed by atoms with Crippen molar-refractivity contribution in [2.45, 2.75) is 13.8 Å². The Morgan fingerprint density at radius 2 is 1.00 bits per heavy atom. The quantitative estimate of drug-likeness (QED) is 0.409. The van der Waals surface area contributed by atoms with Crippen LogP contribution in [0, 0.1) is 13.8 Å². The second kappa shape index (κ2) is 10.3. The summed E-state index contributed by atoms with van der Waals surface area (Å²) in [5.41, 5.74) is 17.8. The molecular weight excluding hydrogens is 476 g/mol. The van der Waals surface area contributed by atoms with Crippen LogP contribution in [-0.4, -0.2) is 48.0 Å².